The monoisotopic (exact) mass is 1320 g/mol. The van der Waals surface area contributed by atoms with Gasteiger partial charge < -0.3 is 33.8 Å². The van der Waals surface area contributed by atoms with Gasteiger partial charge in [-0.05, 0) is 31.6 Å². The molecular weight excluding hydrogens is 1190 g/mol. The van der Waals surface area contributed by atoms with Crippen molar-refractivity contribution in [3.8, 4) is 0 Å². The number of hydrogen-bond acceptors (Lipinski definition) is 15. The number of rotatable bonds is 71. The van der Waals surface area contributed by atoms with E-state index in [-0.39, 0.29) is 25.7 Å². The molecule has 0 bridgehead atoms. The Kier molecular flexibility index (Phi) is 63.0. The van der Waals surface area contributed by atoms with E-state index in [9.17, 15) is 43.2 Å². The molecule has 0 aliphatic carbocycles. The standard InChI is InChI=1S/C71H138O17P2/c1-6-9-12-15-17-19-21-22-23-24-25-26-27-28-29-33-38-42-47-52-57-71(76)88-67(61-82-69(74)55-50-45-40-36-34-30-32-35-39-44-48-53-64(4)5)63-86-90(79,80)84-59-65(72)58-83-89(77,78)85-62-66(60-81-68(73)54-49-43-14-11-8-3)87-70(75)56-51-46-41-37-31-20-18-16-13-10-7-2/h64-67,72H,6-63H2,1-5H3,(H,77,78)(H,79,80)/t65-,66+,67+/m0/s1. The first-order chi connectivity index (χ1) is 43.5. The highest BCUT2D eigenvalue weighted by molar-refractivity contribution is 7.47. The molecule has 0 amide bonds. The molecule has 0 aromatic rings. The Bertz CT molecular complexity index is 1740. The molecular formula is C71H138O17P2. The number of phosphoric acid groups is 2. The number of carbonyl (C=O) groups excluding carboxylic acids is 4. The van der Waals surface area contributed by atoms with Gasteiger partial charge in [0.2, 0.25) is 0 Å². The van der Waals surface area contributed by atoms with Gasteiger partial charge in [-0.25, -0.2) is 9.13 Å². The van der Waals surface area contributed by atoms with Crippen LogP contribution >= 0.6 is 15.6 Å². The fraction of sp³-hybridized carbons (Fsp3) is 0.944. The van der Waals surface area contributed by atoms with Crippen LogP contribution in [0.2, 0.25) is 0 Å². The lowest BCUT2D eigenvalue weighted by Crippen LogP contribution is -2.30. The van der Waals surface area contributed by atoms with Gasteiger partial charge in [-0.2, -0.15) is 0 Å². The first kappa shape index (κ1) is 88.1. The van der Waals surface area contributed by atoms with Crippen molar-refractivity contribution in [1.29, 1.82) is 0 Å². The van der Waals surface area contributed by atoms with E-state index in [1.165, 1.54) is 186 Å². The Labute approximate surface area is 549 Å². The quantitative estimate of drug-likeness (QED) is 0.0222. The molecule has 534 valence electrons. The molecule has 90 heavy (non-hydrogen) atoms. The molecule has 0 aliphatic heterocycles. The Morgan fingerprint density at radius 1 is 0.300 bits per heavy atom. The lowest BCUT2D eigenvalue weighted by Gasteiger charge is -2.21. The molecule has 2 unspecified atom stereocenters. The SMILES string of the molecule is CCCCCCCCCCCCCCCCCCCCCCC(=O)O[C@H](COC(=O)CCCCCCCCCCCCCC(C)C)COP(=O)(O)OC[C@@H](O)COP(=O)(O)OC[C@@H](COC(=O)CCCCCCC)OC(=O)CCCCCCCCCCCCC. The van der Waals surface area contributed by atoms with Gasteiger partial charge in [0.15, 0.2) is 12.2 Å². The smallest absolute Gasteiger partial charge is 0.462 e. The first-order valence-electron chi connectivity index (χ1n) is 37.1. The van der Waals surface area contributed by atoms with Crippen LogP contribution in [0.4, 0.5) is 0 Å². The van der Waals surface area contributed by atoms with E-state index in [1.54, 1.807) is 0 Å². The van der Waals surface area contributed by atoms with Crippen LogP contribution in [0.5, 0.6) is 0 Å². The molecule has 17 nitrogen and oxygen atoms in total. The average Bonchev–Trinajstić information content (AvgIpc) is 3.67. The summed E-state index contributed by atoms with van der Waals surface area (Å²) in [6, 6.07) is 0. The summed E-state index contributed by atoms with van der Waals surface area (Å²) in [7, 11) is -9.89. The second-order valence-electron chi connectivity index (χ2n) is 26.1. The predicted molar refractivity (Wildman–Crippen MR) is 363 cm³/mol. The fourth-order valence-corrected chi connectivity index (χ4v) is 12.4. The van der Waals surface area contributed by atoms with E-state index in [4.69, 9.17) is 37.0 Å². The molecule has 0 aliphatic rings. The van der Waals surface area contributed by atoms with Gasteiger partial charge in [-0.15, -0.1) is 0 Å². The first-order valence-corrected chi connectivity index (χ1v) is 40.1. The lowest BCUT2D eigenvalue weighted by molar-refractivity contribution is -0.161. The van der Waals surface area contributed by atoms with Crippen LogP contribution in [0.25, 0.3) is 0 Å². The number of carbonyl (C=O) groups is 4. The Morgan fingerprint density at radius 2 is 0.511 bits per heavy atom. The van der Waals surface area contributed by atoms with Crippen LogP contribution in [0.3, 0.4) is 0 Å². The second-order valence-corrected chi connectivity index (χ2v) is 29.0. The van der Waals surface area contributed by atoms with E-state index in [0.717, 1.165) is 102 Å². The minimum absolute atomic E-state index is 0.106. The molecule has 0 radical (unpaired) electrons. The molecule has 5 atom stereocenters. The maximum absolute atomic E-state index is 13.0. The summed E-state index contributed by atoms with van der Waals surface area (Å²) >= 11 is 0. The molecule has 0 heterocycles. The zero-order valence-electron chi connectivity index (χ0n) is 58.3. The number of esters is 4. The van der Waals surface area contributed by atoms with Gasteiger partial charge in [0.25, 0.3) is 0 Å². The van der Waals surface area contributed by atoms with Crippen LogP contribution in [0.1, 0.15) is 369 Å². The second kappa shape index (κ2) is 64.4. The van der Waals surface area contributed by atoms with E-state index >= 15 is 0 Å². The molecule has 19 heteroatoms. The normalized spacial score (nSPS) is 14.1. The van der Waals surface area contributed by atoms with Crippen molar-refractivity contribution >= 4 is 39.5 Å². The number of hydrogen-bond donors (Lipinski definition) is 3. The highest BCUT2D eigenvalue weighted by Crippen LogP contribution is 2.45. The third kappa shape index (κ3) is 64.8. The predicted octanol–water partition coefficient (Wildman–Crippen LogP) is 20.5. The summed E-state index contributed by atoms with van der Waals surface area (Å²) in [5, 5.41) is 10.6. The van der Waals surface area contributed by atoms with Crippen molar-refractivity contribution in [1.82, 2.24) is 0 Å². The molecule has 0 saturated carbocycles. The van der Waals surface area contributed by atoms with Crippen molar-refractivity contribution in [2.45, 2.75) is 387 Å². The van der Waals surface area contributed by atoms with Gasteiger partial charge in [-0.1, -0.05) is 317 Å². The highest BCUT2D eigenvalue weighted by Gasteiger charge is 2.30. The van der Waals surface area contributed by atoms with Crippen molar-refractivity contribution < 1.29 is 80.2 Å². The maximum atomic E-state index is 13.0. The zero-order chi connectivity index (χ0) is 66.3. The Balaban J connectivity index is 5.13. The maximum Gasteiger partial charge on any atom is 0.472 e. The summed E-state index contributed by atoms with van der Waals surface area (Å²) < 4.78 is 68.1. The molecule has 0 spiro atoms. The third-order valence-electron chi connectivity index (χ3n) is 16.5. The van der Waals surface area contributed by atoms with Crippen LogP contribution in [0.15, 0.2) is 0 Å². The average molecular weight is 1330 g/mol. The summed E-state index contributed by atoms with van der Waals surface area (Å²) in [6.07, 6.45) is 51.8. The minimum atomic E-state index is -4.95. The van der Waals surface area contributed by atoms with E-state index in [2.05, 4.69) is 34.6 Å². The number of ether oxygens (including phenoxy) is 4. The van der Waals surface area contributed by atoms with Crippen LogP contribution in [-0.2, 0) is 65.4 Å². The molecule has 3 N–H and O–H groups in total. The van der Waals surface area contributed by atoms with Crippen LogP contribution in [0, 0.1) is 5.92 Å². The summed E-state index contributed by atoms with van der Waals surface area (Å²) in [6.45, 7) is 7.16. The molecule has 0 fully saturated rings. The van der Waals surface area contributed by atoms with Gasteiger partial charge in [0.1, 0.15) is 19.3 Å². The number of aliphatic hydroxyl groups excluding tert-OH is 1. The van der Waals surface area contributed by atoms with Crippen molar-refractivity contribution in [2.75, 3.05) is 39.6 Å². The van der Waals surface area contributed by atoms with E-state index in [1.807, 2.05) is 0 Å². The molecule has 0 saturated heterocycles. The highest BCUT2D eigenvalue weighted by atomic mass is 31.2. The third-order valence-corrected chi connectivity index (χ3v) is 18.4. The summed E-state index contributed by atoms with van der Waals surface area (Å²) in [5.41, 5.74) is 0. The van der Waals surface area contributed by atoms with Crippen molar-refractivity contribution in [2.24, 2.45) is 5.92 Å². The largest absolute Gasteiger partial charge is 0.472 e. The molecule has 0 aromatic heterocycles. The molecule has 0 rings (SSSR count). The summed E-state index contributed by atoms with van der Waals surface area (Å²) in [4.78, 5) is 72.3. The Morgan fingerprint density at radius 3 is 0.756 bits per heavy atom. The lowest BCUT2D eigenvalue weighted by atomic mass is 10.0. The van der Waals surface area contributed by atoms with Gasteiger partial charge in [0.05, 0.1) is 26.4 Å². The fourth-order valence-electron chi connectivity index (χ4n) is 10.8. The van der Waals surface area contributed by atoms with Crippen molar-refractivity contribution in [3.63, 3.8) is 0 Å². The zero-order valence-corrected chi connectivity index (χ0v) is 60.1. The van der Waals surface area contributed by atoms with E-state index < -0.39 is 97.5 Å². The van der Waals surface area contributed by atoms with E-state index in [0.29, 0.717) is 25.7 Å². The van der Waals surface area contributed by atoms with Crippen molar-refractivity contribution in [3.05, 3.63) is 0 Å². The number of phosphoric ester groups is 2. The topological polar surface area (TPSA) is 237 Å². The van der Waals surface area contributed by atoms with Crippen LogP contribution < -0.4 is 0 Å². The summed E-state index contributed by atoms with van der Waals surface area (Å²) in [5.74, 6) is -1.36. The van der Waals surface area contributed by atoms with Gasteiger partial charge in [-0.3, -0.25) is 37.3 Å². The minimum Gasteiger partial charge on any atom is -0.462 e. The molecule has 0 aromatic carbocycles. The van der Waals surface area contributed by atoms with Gasteiger partial charge >= 0.3 is 39.5 Å². The number of aliphatic hydroxyl groups is 1. The number of unbranched alkanes of at least 4 members (excludes halogenated alkanes) is 43. The van der Waals surface area contributed by atoms with Gasteiger partial charge in [0, 0.05) is 25.7 Å². The van der Waals surface area contributed by atoms with Crippen LogP contribution in [-0.4, -0.2) is 96.7 Å². The Hall–Kier alpha value is -1.94.